The van der Waals surface area contributed by atoms with Crippen molar-refractivity contribution in [3.8, 4) is 0 Å². The first kappa shape index (κ1) is 17.9. The van der Waals surface area contributed by atoms with Crippen LogP contribution in [0.2, 0.25) is 5.02 Å². The van der Waals surface area contributed by atoms with E-state index in [9.17, 15) is 14.3 Å². The lowest BCUT2D eigenvalue weighted by Gasteiger charge is -2.39. The number of hydrogen-bond acceptors (Lipinski definition) is 2. The molecule has 25 heavy (non-hydrogen) atoms. The van der Waals surface area contributed by atoms with Crippen LogP contribution in [0.25, 0.3) is 0 Å². The number of carbonyl (C=O) groups excluding carboxylic acids is 1. The minimum Gasteiger partial charge on any atom is -0.395 e. The van der Waals surface area contributed by atoms with Crippen LogP contribution < -0.4 is 0 Å². The van der Waals surface area contributed by atoms with Gasteiger partial charge in [-0.1, -0.05) is 41.4 Å². The smallest absolute Gasteiger partial charge is 0.223 e. The summed E-state index contributed by atoms with van der Waals surface area (Å²) in [6.45, 7) is 2.23. The second-order valence-electron chi connectivity index (χ2n) is 6.58. The van der Waals surface area contributed by atoms with Crippen molar-refractivity contribution in [1.82, 2.24) is 4.90 Å². The topological polar surface area (TPSA) is 40.5 Å². The van der Waals surface area contributed by atoms with Crippen molar-refractivity contribution in [2.45, 2.75) is 31.7 Å². The van der Waals surface area contributed by atoms with E-state index < -0.39 is 0 Å². The van der Waals surface area contributed by atoms with Crippen LogP contribution >= 0.6 is 11.6 Å². The zero-order valence-electron chi connectivity index (χ0n) is 14.1. The number of aryl methyl sites for hydroxylation is 1. The van der Waals surface area contributed by atoms with Gasteiger partial charge in [-0.3, -0.25) is 4.79 Å². The summed E-state index contributed by atoms with van der Waals surface area (Å²) in [5.41, 5.74) is 2.90. The van der Waals surface area contributed by atoms with Gasteiger partial charge in [-0.25, -0.2) is 4.39 Å². The van der Waals surface area contributed by atoms with Crippen LogP contribution in [0.5, 0.6) is 0 Å². The molecule has 1 amide bonds. The van der Waals surface area contributed by atoms with Gasteiger partial charge in [0.25, 0.3) is 0 Å². The number of benzene rings is 2. The standard InChI is InChI=1S/C20H21ClFNO2/c1-13-3-2-4-14(7-13)19-10-16(11-20(25)23(19)5-6-24)15-8-17(21)12-18(22)9-15/h2-4,7-9,12,16,19,24H,5-6,10-11H2,1H3/t16-,19+/m0/s1. The Morgan fingerprint density at radius 2 is 2.04 bits per heavy atom. The molecule has 1 fully saturated rings. The molecule has 1 saturated heterocycles. The Bertz CT molecular complexity index is 760. The number of likely N-dealkylation sites (tertiary alicyclic amines) is 1. The molecule has 2 aromatic rings. The average Bonchev–Trinajstić information content (AvgIpc) is 2.55. The number of carbonyl (C=O) groups is 1. The fourth-order valence-corrected chi connectivity index (χ4v) is 3.86. The number of amides is 1. The molecule has 3 nitrogen and oxygen atoms in total. The summed E-state index contributed by atoms with van der Waals surface area (Å²) in [6.07, 6.45) is 0.969. The third-order valence-corrected chi connectivity index (χ3v) is 4.97. The summed E-state index contributed by atoms with van der Waals surface area (Å²) in [6, 6.07) is 12.4. The minimum absolute atomic E-state index is 0.0304. The van der Waals surface area contributed by atoms with Gasteiger partial charge >= 0.3 is 0 Å². The molecule has 0 unspecified atom stereocenters. The fourth-order valence-electron chi connectivity index (χ4n) is 3.63. The van der Waals surface area contributed by atoms with Gasteiger partial charge in [-0.2, -0.15) is 0 Å². The number of aliphatic hydroxyl groups is 1. The summed E-state index contributed by atoms with van der Waals surface area (Å²) < 4.78 is 13.7. The molecule has 132 valence electrons. The molecule has 0 bridgehead atoms. The number of nitrogens with zero attached hydrogens (tertiary/aromatic N) is 1. The van der Waals surface area contributed by atoms with Crippen LogP contribution in [0.1, 0.15) is 41.5 Å². The van der Waals surface area contributed by atoms with Crippen LogP contribution in [0.3, 0.4) is 0 Å². The van der Waals surface area contributed by atoms with E-state index in [-0.39, 0.29) is 30.3 Å². The van der Waals surface area contributed by atoms with Gasteiger partial charge in [0.1, 0.15) is 5.82 Å². The van der Waals surface area contributed by atoms with Crippen LogP contribution in [-0.4, -0.2) is 29.1 Å². The number of aliphatic hydroxyl groups excluding tert-OH is 1. The normalized spacial score (nSPS) is 20.8. The summed E-state index contributed by atoms with van der Waals surface area (Å²) in [5.74, 6) is -0.516. The Labute approximate surface area is 152 Å². The second kappa shape index (κ2) is 7.54. The van der Waals surface area contributed by atoms with Gasteiger partial charge < -0.3 is 10.0 Å². The van der Waals surface area contributed by atoms with Crippen molar-refractivity contribution in [2.75, 3.05) is 13.2 Å². The number of β-amino-alcohol motifs (C(OH)–C–C–N with tert-alkyl or cyclic N) is 1. The first-order valence-electron chi connectivity index (χ1n) is 8.41. The summed E-state index contributed by atoms with van der Waals surface area (Å²) in [4.78, 5) is 14.4. The Balaban J connectivity index is 1.96. The predicted octanol–water partition coefficient (Wildman–Crippen LogP) is 4.23. The third-order valence-electron chi connectivity index (χ3n) is 4.75. The molecule has 2 atom stereocenters. The molecule has 1 aliphatic heterocycles. The Morgan fingerprint density at radius 1 is 1.24 bits per heavy atom. The quantitative estimate of drug-likeness (QED) is 0.885. The molecule has 0 saturated carbocycles. The highest BCUT2D eigenvalue weighted by Crippen LogP contribution is 2.40. The van der Waals surface area contributed by atoms with Gasteiger partial charge in [0, 0.05) is 18.0 Å². The number of piperidine rings is 1. The molecular weight excluding hydrogens is 341 g/mol. The number of hydrogen-bond donors (Lipinski definition) is 1. The number of halogens is 2. The van der Waals surface area contributed by atoms with Crippen LogP contribution in [0.15, 0.2) is 42.5 Å². The Kier molecular flexibility index (Phi) is 5.40. The molecular formula is C20H21ClFNO2. The maximum Gasteiger partial charge on any atom is 0.223 e. The monoisotopic (exact) mass is 361 g/mol. The first-order chi connectivity index (χ1) is 12.0. The third kappa shape index (κ3) is 4.02. The van der Waals surface area contributed by atoms with Crippen LogP contribution in [-0.2, 0) is 4.79 Å². The maximum atomic E-state index is 13.7. The highest BCUT2D eigenvalue weighted by Gasteiger charge is 2.35. The Hall–Kier alpha value is -1.91. The van der Waals surface area contributed by atoms with Gasteiger partial charge in [0.15, 0.2) is 0 Å². The van der Waals surface area contributed by atoms with E-state index >= 15 is 0 Å². The highest BCUT2D eigenvalue weighted by atomic mass is 35.5. The summed E-state index contributed by atoms with van der Waals surface area (Å²) >= 11 is 5.99. The van der Waals surface area contributed by atoms with Gasteiger partial charge in [-0.05, 0) is 48.6 Å². The van der Waals surface area contributed by atoms with E-state index in [1.54, 1.807) is 11.0 Å². The van der Waals surface area contributed by atoms with E-state index in [0.29, 0.717) is 24.4 Å². The van der Waals surface area contributed by atoms with E-state index in [2.05, 4.69) is 6.07 Å². The second-order valence-corrected chi connectivity index (χ2v) is 7.02. The zero-order chi connectivity index (χ0) is 18.0. The molecule has 1 aliphatic rings. The molecule has 1 heterocycles. The minimum atomic E-state index is -0.389. The van der Waals surface area contributed by atoms with Crippen molar-refractivity contribution in [1.29, 1.82) is 0 Å². The molecule has 0 radical (unpaired) electrons. The van der Waals surface area contributed by atoms with Crippen LogP contribution in [0.4, 0.5) is 4.39 Å². The SMILES string of the molecule is Cc1cccc([C@H]2C[C@H](c3cc(F)cc(Cl)c3)CC(=O)N2CCO)c1. The van der Waals surface area contributed by atoms with E-state index in [1.165, 1.54) is 12.1 Å². The molecule has 0 aromatic heterocycles. The lowest BCUT2D eigenvalue weighted by molar-refractivity contribution is -0.138. The molecule has 2 aromatic carbocycles. The highest BCUT2D eigenvalue weighted by molar-refractivity contribution is 6.30. The lowest BCUT2D eigenvalue weighted by atomic mass is 9.82. The largest absolute Gasteiger partial charge is 0.395 e. The molecule has 5 heteroatoms. The van der Waals surface area contributed by atoms with Crippen molar-refractivity contribution in [3.63, 3.8) is 0 Å². The summed E-state index contributed by atoms with van der Waals surface area (Å²) in [7, 11) is 0. The van der Waals surface area contributed by atoms with Crippen molar-refractivity contribution < 1.29 is 14.3 Å². The zero-order valence-corrected chi connectivity index (χ0v) is 14.8. The van der Waals surface area contributed by atoms with Crippen LogP contribution in [0, 0.1) is 12.7 Å². The first-order valence-corrected chi connectivity index (χ1v) is 8.78. The lowest BCUT2D eigenvalue weighted by Crippen LogP contribution is -2.42. The molecule has 1 N–H and O–H groups in total. The van der Waals surface area contributed by atoms with Crippen molar-refractivity contribution in [3.05, 3.63) is 70.0 Å². The fraction of sp³-hybridized carbons (Fsp3) is 0.350. The van der Waals surface area contributed by atoms with E-state index in [0.717, 1.165) is 16.7 Å². The predicted molar refractivity (Wildman–Crippen MR) is 96.1 cm³/mol. The van der Waals surface area contributed by atoms with Crippen molar-refractivity contribution >= 4 is 17.5 Å². The Morgan fingerprint density at radius 3 is 2.72 bits per heavy atom. The molecule has 0 aliphatic carbocycles. The number of rotatable bonds is 4. The maximum absolute atomic E-state index is 13.7. The molecule has 0 spiro atoms. The van der Waals surface area contributed by atoms with E-state index in [1.807, 2.05) is 25.1 Å². The summed E-state index contributed by atoms with van der Waals surface area (Å²) in [5, 5.41) is 9.69. The molecule has 3 rings (SSSR count). The average molecular weight is 362 g/mol. The van der Waals surface area contributed by atoms with Crippen molar-refractivity contribution in [2.24, 2.45) is 0 Å². The van der Waals surface area contributed by atoms with Gasteiger partial charge in [0.05, 0.1) is 12.6 Å². The van der Waals surface area contributed by atoms with E-state index in [4.69, 9.17) is 11.6 Å². The van der Waals surface area contributed by atoms with Gasteiger partial charge in [0.2, 0.25) is 5.91 Å². The van der Waals surface area contributed by atoms with Gasteiger partial charge in [-0.15, -0.1) is 0 Å².